The Morgan fingerprint density at radius 1 is 1.08 bits per heavy atom. The Hall–Kier alpha value is -3.25. The van der Waals surface area contributed by atoms with Crippen LogP contribution >= 0.6 is 11.6 Å². The molecule has 0 aliphatic rings. The number of para-hydroxylation sites is 1. The van der Waals surface area contributed by atoms with Crippen molar-refractivity contribution in [3.8, 4) is 0 Å². The predicted molar refractivity (Wildman–Crippen MR) is 96.8 cm³/mol. The molecular formula is C19H11ClFN3O2. The van der Waals surface area contributed by atoms with Gasteiger partial charge in [0.1, 0.15) is 12.1 Å². The van der Waals surface area contributed by atoms with Crippen LogP contribution in [0.2, 0.25) is 5.02 Å². The lowest BCUT2D eigenvalue weighted by Crippen LogP contribution is -2.12. The molecule has 0 spiro atoms. The standard InChI is InChI=1S/C19H11ClFN3O2/c20-15-9-12(5-7-16(15)21)24(18-8-6-13(10-25)26-18)19-14-3-1-2-4-17(14)22-11-23-19/h1-11H. The van der Waals surface area contributed by atoms with Gasteiger partial charge in [-0.3, -0.25) is 9.69 Å². The van der Waals surface area contributed by atoms with Gasteiger partial charge in [0, 0.05) is 11.5 Å². The number of furan rings is 1. The summed E-state index contributed by atoms with van der Waals surface area (Å²) in [4.78, 5) is 21.3. The number of benzene rings is 2. The first-order valence-electron chi connectivity index (χ1n) is 7.67. The Kier molecular flexibility index (Phi) is 4.10. The smallest absolute Gasteiger partial charge is 0.206 e. The molecule has 0 N–H and O–H groups in total. The van der Waals surface area contributed by atoms with Crippen LogP contribution in [0.15, 0.2) is 65.3 Å². The van der Waals surface area contributed by atoms with Gasteiger partial charge < -0.3 is 4.42 Å². The number of halogens is 2. The van der Waals surface area contributed by atoms with Crippen molar-refractivity contribution in [2.75, 3.05) is 4.90 Å². The number of hydrogen-bond donors (Lipinski definition) is 0. The second-order valence-corrected chi connectivity index (χ2v) is 5.85. The van der Waals surface area contributed by atoms with Crippen LogP contribution in [0.4, 0.5) is 21.8 Å². The third-order valence-electron chi connectivity index (χ3n) is 3.84. The van der Waals surface area contributed by atoms with Gasteiger partial charge in [0.05, 0.1) is 16.2 Å². The Morgan fingerprint density at radius 3 is 2.69 bits per heavy atom. The molecule has 128 valence electrons. The summed E-state index contributed by atoms with van der Waals surface area (Å²) in [5, 5.41) is 0.729. The van der Waals surface area contributed by atoms with Gasteiger partial charge in [0.2, 0.25) is 5.88 Å². The Balaban J connectivity index is 1.98. The highest BCUT2D eigenvalue weighted by molar-refractivity contribution is 6.31. The molecule has 0 aliphatic heterocycles. The van der Waals surface area contributed by atoms with Crippen LogP contribution in [0.5, 0.6) is 0 Å². The predicted octanol–water partition coefficient (Wildman–Crippen LogP) is 5.30. The quantitative estimate of drug-likeness (QED) is 0.458. The summed E-state index contributed by atoms with van der Waals surface area (Å²) in [6.45, 7) is 0. The number of anilines is 3. The summed E-state index contributed by atoms with van der Waals surface area (Å²) in [6.07, 6.45) is 2.04. The summed E-state index contributed by atoms with van der Waals surface area (Å²) in [5.74, 6) is 0.496. The maximum Gasteiger partial charge on any atom is 0.206 e. The van der Waals surface area contributed by atoms with Crippen molar-refractivity contribution in [2.24, 2.45) is 0 Å². The highest BCUT2D eigenvalue weighted by Gasteiger charge is 2.21. The van der Waals surface area contributed by atoms with Crippen molar-refractivity contribution in [1.82, 2.24) is 9.97 Å². The number of carbonyl (C=O) groups excluding carboxylic acids is 1. The fourth-order valence-corrected chi connectivity index (χ4v) is 2.85. The van der Waals surface area contributed by atoms with E-state index in [1.165, 1.54) is 18.5 Å². The lowest BCUT2D eigenvalue weighted by molar-refractivity contribution is 0.110. The van der Waals surface area contributed by atoms with Crippen molar-refractivity contribution < 1.29 is 13.6 Å². The molecule has 7 heteroatoms. The van der Waals surface area contributed by atoms with Crippen LogP contribution in [0.3, 0.4) is 0 Å². The number of carbonyl (C=O) groups is 1. The fraction of sp³-hybridized carbons (Fsp3) is 0. The summed E-state index contributed by atoms with van der Waals surface area (Å²) in [7, 11) is 0. The molecule has 0 fully saturated rings. The number of rotatable bonds is 4. The zero-order valence-electron chi connectivity index (χ0n) is 13.3. The lowest BCUT2D eigenvalue weighted by Gasteiger charge is -2.22. The zero-order chi connectivity index (χ0) is 18.1. The average molecular weight is 368 g/mol. The fourth-order valence-electron chi connectivity index (χ4n) is 2.67. The van der Waals surface area contributed by atoms with Gasteiger partial charge >= 0.3 is 0 Å². The van der Waals surface area contributed by atoms with Gasteiger partial charge in [-0.25, -0.2) is 14.4 Å². The largest absolute Gasteiger partial charge is 0.437 e. The highest BCUT2D eigenvalue weighted by Crippen LogP contribution is 2.38. The summed E-state index contributed by atoms with van der Waals surface area (Å²) in [5.41, 5.74) is 1.27. The van der Waals surface area contributed by atoms with Crippen LogP contribution in [0.25, 0.3) is 10.9 Å². The Morgan fingerprint density at radius 2 is 1.92 bits per heavy atom. The third-order valence-corrected chi connectivity index (χ3v) is 4.13. The van der Waals surface area contributed by atoms with E-state index in [1.807, 2.05) is 24.3 Å². The van der Waals surface area contributed by atoms with E-state index < -0.39 is 5.82 Å². The number of fused-ring (bicyclic) bond motifs is 1. The third kappa shape index (κ3) is 2.80. The molecule has 4 aromatic rings. The number of nitrogens with zero attached hydrogens (tertiary/aromatic N) is 3. The minimum absolute atomic E-state index is 0.0342. The van der Waals surface area contributed by atoms with E-state index in [9.17, 15) is 9.18 Å². The van der Waals surface area contributed by atoms with Crippen molar-refractivity contribution >= 4 is 46.2 Å². The molecule has 0 bridgehead atoms. The van der Waals surface area contributed by atoms with Crippen molar-refractivity contribution in [2.45, 2.75) is 0 Å². The van der Waals surface area contributed by atoms with Gasteiger partial charge in [-0.1, -0.05) is 23.7 Å². The SMILES string of the molecule is O=Cc1ccc(N(c2ccc(F)c(Cl)c2)c2ncnc3ccccc23)o1. The van der Waals surface area contributed by atoms with E-state index in [0.29, 0.717) is 23.7 Å². The molecule has 0 saturated heterocycles. The van der Waals surface area contributed by atoms with Crippen LogP contribution in [-0.4, -0.2) is 16.3 Å². The maximum atomic E-state index is 13.6. The van der Waals surface area contributed by atoms with Crippen molar-refractivity contribution in [1.29, 1.82) is 0 Å². The molecule has 0 aliphatic carbocycles. The summed E-state index contributed by atoms with van der Waals surface area (Å²) >= 11 is 5.96. The van der Waals surface area contributed by atoms with Crippen molar-refractivity contribution in [3.63, 3.8) is 0 Å². The van der Waals surface area contributed by atoms with E-state index >= 15 is 0 Å². The van der Waals surface area contributed by atoms with E-state index in [4.69, 9.17) is 16.0 Å². The Bertz CT molecular complexity index is 1110. The average Bonchev–Trinajstić information content (AvgIpc) is 3.14. The van der Waals surface area contributed by atoms with E-state index in [-0.39, 0.29) is 10.8 Å². The Labute approximate surface area is 152 Å². The van der Waals surface area contributed by atoms with Gasteiger partial charge in [-0.2, -0.15) is 0 Å². The lowest BCUT2D eigenvalue weighted by atomic mass is 10.2. The topological polar surface area (TPSA) is 59.2 Å². The molecule has 0 amide bonds. The van der Waals surface area contributed by atoms with Crippen LogP contribution in [-0.2, 0) is 0 Å². The van der Waals surface area contributed by atoms with Crippen molar-refractivity contribution in [3.05, 3.63) is 77.5 Å². The monoisotopic (exact) mass is 367 g/mol. The van der Waals surface area contributed by atoms with E-state index in [0.717, 1.165) is 10.9 Å². The summed E-state index contributed by atoms with van der Waals surface area (Å²) < 4.78 is 19.2. The maximum absolute atomic E-state index is 13.6. The first kappa shape index (κ1) is 16.2. The van der Waals surface area contributed by atoms with E-state index in [1.54, 1.807) is 23.1 Å². The first-order chi connectivity index (χ1) is 12.7. The van der Waals surface area contributed by atoms with Gasteiger partial charge in [-0.15, -0.1) is 0 Å². The molecule has 0 unspecified atom stereocenters. The van der Waals surface area contributed by atoms with Crippen LogP contribution in [0.1, 0.15) is 10.6 Å². The number of hydrogen-bond acceptors (Lipinski definition) is 5. The minimum Gasteiger partial charge on any atom is -0.437 e. The second kappa shape index (κ2) is 6.57. The second-order valence-electron chi connectivity index (χ2n) is 5.44. The molecule has 2 heterocycles. The molecule has 2 aromatic heterocycles. The highest BCUT2D eigenvalue weighted by atomic mass is 35.5. The number of aldehydes is 1. The zero-order valence-corrected chi connectivity index (χ0v) is 14.0. The van der Waals surface area contributed by atoms with Gasteiger partial charge in [0.25, 0.3) is 0 Å². The van der Waals surface area contributed by atoms with Gasteiger partial charge in [-0.05, 0) is 36.4 Å². The van der Waals surface area contributed by atoms with E-state index in [2.05, 4.69) is 9.97 Å². The molecular weight excluding hydrogens is 357 g/mol. The summed E-state index contributed by atoms with van der Waals surface area (Å²) in [6, 6.07) is 14.9. The molecule has 0 atom stereocenters. The molecule has 26 heavy (non-hydrogen) atoms. The molecule has 4 rings (SSSR count). The minimum atomic E-state index is -0.532. The molecule has 0 radical (unpaired) electrons. The van der Waals surface area contributed by atoms with Crippen LogP contribution in [0, 0.1) is 5.82 Å². The molecule has 5 nitrogen and oxygen atoms in total. The van der Waals surface area contributed by atoms with Crippen LogP contribution < -0.4 is 4.90 Å². The number of aromatic nitrogens is 2. The van der Waals surface area contributed by atoms with Gasteiger partial charge in [0.15, 0.2) is 17.9 Å². The molecule has 2 aromatic carbocycles. The normalized spacial score (nSPS) is 10.8. The first-order valence-corrected chi connectivity index (χ1v) is 8.05. The molecule has 0 saturated carbocycles.